The van der Waals surface area contributed by atoms with E-state index in [0.717, 1.165) is 11.4 Å². The maximum Gasteiger partial charge on any atom is 0.150 e. The Bertz CT molecular complexity index is 555. The van der Waals surface area contributed by atoms with Crippen molar-refractivity contribution in [2.24, 2.45) is 0 Å². The quantitative estimate of drug-likeness (QED) is 0.832. The zero-order valence-corrected chi connectivity index (χ0v) is 10.7. The van der Waals surface area contributed by atoms with Crippen LogP contribution in [0.5, 0.6) is 5.75 Å². The molecule has 0 amide bonds. The first kappa shape index (κ1) is 12.4. The average Bonchev–Trinajstić information content (AvgIpc) is 2.39. The van der Waals surface area contributed by atoms with Gasteiger partial charge in [-0.2, -0.15) is 0 Å². The molecule has 0 aliphatic carbocycles. The third kappa shape index (κ3) is 3.01. The number of nitrogen functional groups attached to an aromatic ring is 1. The first-order chi connectivity index (χ1) is 8.69. The van der Waals surface area contributed by atoms with Crippen LogP contribution in [0.2, 0.25) is 0 Å². The zero-order chi connectivity index (χ0) is 13.0. The normalized spacial score (nSPS) is 11.8. The van der Waals surface area contributed by atoms with Crippen LogP contribution in [0.1, 0.15) is 0 Å². The highest BCUT2D eigenvalue weighted by Gasteiger charge is 2.04. The molecule has 0 bridgehead atoms. The second-order valence-electron chi connectivity index (χ2n) is 3.67. The second-order valence-corrected chi connectivity index (χ2v) is 4.88. The van der Waals surface area contributed by atoms with Gasteiger partial charge in [-0.05, 0) is 42.5 Å². The molecule has 2 aromatic rings. The number of ether oxygens (including phenoxy) is 1. The van der Waals surface area contributed by atoms with E-state index in [2.05, 4.69) is 4.72 Å². The molecule has 2 aromatic carbocycles. The number of rotatable bonds is 4. The lowest BCUT2D eigenvalue weighted by molar-refractivity contribution is 0.415. The third-order valence-corrected chi connectivity index (χ3v) is 3.48. The predicted molar refractivity (Wildman–Crippen MR) is 73.9 cm³/mol. The summed E-state index contributed by atoms with van der Waals surface area (Å²) in [6.07, 6.45) is 0. The number of methoxy groups -OCH3 is 1. The van der Waals surface area contributed by atoms with Crippen molar-refractivity contribution in [2.45, 2.75) is 4.90 Å². The fourth-order valence-corrected chi connectivity index (χ4v) is 2.37. The lowest BCUT2D eigenvalue weighted by atomic mass is 10.3. The van der Waals surface area contributed by atoms with Crippen LogP contribution < -0.4 is 15.2 Å². The van der Waals surface area contributed by atoms with Crippen LogP contribution in [0.15, 0.2) is 53.4 Å². The van der Waals surface area contributed by atoms with E-state index in [0.29, 0.717) is 10.6 Å². The molecule has 5 heteroatoms. The van der Waals surface area contributed by atoms with Crippen LogP contribution in [-0.4, -0.2) is 11.3 Å². The molecule has 0 fully saturated rings. The Morgan fingerprint density at radius 1 is 1.17 bits per heavy atom. The summed E-state index contributed by atoms with van der Waals surface area (Å²) in [6, 6.07) is 14.2. The summed E-state index contributed by atoms with van der Waals surface area (Å²) in [6.45, 7) is 0. The van der Waals surface area contributed by atoms with E-state index in [1.54, 1.807) is 43.5 Å². The van der Waals surface area contributed by atoms with Gasteiger partial charge in [0.2, 0.25) is 0 Å². The molecule has 1 unspecified atom stereocenters. The van der Waals surface area contributed by atoms with Gasteiger partial charge in [-0.3, -0.25) is 0 Å². The molecule has 0 saturated heterocycles. The number of hydrogen-bond donors (Lipinski definition) is 2. The van der Waals surface area contributed by atoms with Crippen molar-refractivity contribution < 1.29 is 8.95 Å². The molecular weight excluding hydrogens is 248 g/mol. The van der Waals surface area contributed by atoms with Crippen molar-refractivity contribution >= 4 is 22.4 Å². The van der Waals surface area contributed by atoms with Crippen molar-refractivity contribution in [3.8, 4) is 5.75 Å². The molecule has 0 spiro atoms. The van der Waals surface area contributed by atoms with E-state index >= 15 is 0 Å². The van der Waals surface area contributed by atoms with Gasteiger partial charge in [-0.25, -0.2) is 4.21 Å². The minimum absolute atomic E-state index is 0.595. The third-order valence-electron chi connectivity index (χ3n) is 2.37. The Kier molecular flexibility index (Phi) is 3.84. The maximum atomic E-state index is 12.0. The summed E-state index contributed by atoms with van der Waals surface area (Å²) in [5.74, 6) is 0.760. The average molecular weight is 262 g/mol. The molecule has 0 saturated carbocycles. The summed E-state index contributed by atoms with van der Waals surface area (Å²) in [7, 11) is 0.280. The molecule has 1 atom stereocenters. The van der Waals surface area contributed by atoms with Crippen LogP contribution in [0.3, 0.4) is 0 Å². The van der Waals surface area contributed by atoms with Gasteiger partial charge in [-0.15, -0.1) is 0 Å². The molecule has 0 aliphatic rings. The fraction of sp³-hybridized carbons (Fsp3) is 0.0769. The number of nitrogens with one attached hydrogen (secondary N) is 1. The Morgan fingerprint density at radius 2 is 1.89 bits per heavy atom. The molecule has 0 aliphatic heterocycles. The van der Waals surface area contributed by atoms with Gasteiger partial charge in [0.05, 0.1) is 12.0 Å². The second kappa shape index (κ2) is 5.55. The summed E-state index contributed by atoms with van der Waals surface area (Å²) in [4.78, 5) is 0.644. The van der Waals surface area contributed by atoms with Gasteiger partial charge in [0.15, 0.2) is 0 Å². The van der Waals surface area contributed by atoms with E-state index in [1.807, 2.05) is 12.1 Å². The Balaban J connectivity index is 2.11. The minimum Gasteiger partial charge on any atom is -0.497 e. The molecule has 0 aromatic heterocycles. The first-order valence-electron chi connectivity index (χ1n) is 5.37. The van der Waals surface area contributed by atoms with E-state index in [-0.39, 0.29) is 0 Å². The highest BCUT2D eigenvalue weighted by atomic mass is 32.2. The lowest BCUT2D eigenvalue weighted by Crippen LogP contribution is -2.05. The maximum absolute atomic E-state index is 12.0. The number of nitrogens with two attached hydrogens (primary N) is 1. The standard InChI is InChI=1S/C13H14N2O2S/c1-17-12-7-5-11(6-8-12)15-18(16)13-4-2-3-10(14)9-13/h2-9,15H,14H2,1H3. The largest absolute Gasteiger partial charge is 0.497 e. The lowest BCUT2D eigenvalue weighted by Gasteiger charge is -2.07. The SMILES string of the molecule is COc1ccc(NS(=O)c2cccc(N)c2)cc1. The smallest absolute Gasteiger partial charge is 0.150 e. The van der Waals surface area contributed by atoms with Crippen LogP contribution in [-0.2, 0) is 11.0 Å². The van der Waals surface area contributed by atoms with Gasteiger partial charge in [0, 0.05) is 11.4 Å². The summed E-state index contributed by atoms with van der Waals surface area (Å²) >= 11 is 0. The molecule has 0 heterocycles. The van der Waals surface area contributed by atoms with Gasteiger partial charge in [0.25, 0.3) is 0 Å². The topological polar surface area (TPSA) is 64.3 Å². The van der Waals surface area contributed by atoms with E-state index in [9.17, 15) is 4.21 Å². The monoisotopic (exact) mass is 262 g/mol. The Hall–Kier alpha value is -2.01. The predicted octanol–water partition coefficient (Wildman–Crippen LogP) is 2.41. The summed E-state index contributed by atoms with van der Waals surface area (Å²) in [5.41, 5.74) is 7.00. The van der Waals surface area contributed by atoms with Gasteiger partial charge >= 0.3 is 0 Å². The minimum atomic E-state index is -1.32. The number of hydrogen-bond acceptors (Lipinski definition) is 3. The fourth-order valence-electron chi connectivity index (χ4n) is 1.45. The van der Waals surface area contributed by atoms with Crippen LogP contribution in [0.4, 0.5) is 11.4 Å². The van der Waals surface area contributed by atoms with Crippen molar-refractivity contribution in [2.75, 3.05) is 17.6 Å². The highest BCUT2D eigenvalue weighted by Crippen LogP contribution is 2.18. The molecule has 3 N–H and O–H groups in total. The van der Waals surface area contributed by atoms with Crippen molar-refractivity contribution in [1.29, 1.82) is 0 Å². The zero-order valence-electron chi connectivity index (χ0n) is 9.92. The van der Waals surface area contributed by atoms with Crippen molar-refractivity contribution in [1.82, 2.24) is 0 Å². The summed E-state index contributed by atoms with van der Waals surface area (Å²) < 4.78 is 20.0. The number of anilines is 2. The summed E-state index contributed by atoms with van der Waals surface area (Å²) in [5, 5.41) is 0. The van der Waals surface area contributed by atoms with E-state index < -0.39 is 11.0 Å². The number of benzene rings is 2. The van der Waals surface area contributed by atoms with Crippen LogP contribution in [0, 0.1) is 0 Å². The molecule has 94 valence electrons. The van der Waals surface area contributed by atoms with Crippen LogP contribution >= 0.6 is 0 Å². The van der Waals surface area contributed by atoms with Gasteiger partial charge < -0.3 is 15.2 Å². The van der Waals surface area contributed by atoms with Crippen molar-refractivity contribution in [3.63, 3.8) is 0 Å². The highest BCUT2D eigenvalue weighted by molar-refractivity contribution is 7.86. The molecule has 2 rings (SSSR count). The van der Waals surface area contributed by atoms with E-state index in [4.69, 9.17) is 10.5 Å². The van der Waals surface area contributed by atoms with Gasteiger partial charge in [0.1, 0.15) is 16.7 Å². The van der Waals surface area contributed by atoms with Crippen molar-refractivity contribution in [3.05, 3.63) is 48.5 Å². The Morgan fingerprint density at radius 3 is 2.50 bits per heavy atom. The molecule has 0 radical (unpaired) electrons. The first-order valence-corrected chi connectivity index (χ1v) is 6.52. The van der Waals surface area contributed by atoms with Crippen LogP contribution in [0.25, 0.3) is 0 Å². The van der Waals surface area contributed by atoms with Gasteiger partial charge in [-0.1, -0.05) is 6.07 Å². The molecule has 4 nitrogen and oxygen atoms in total. The molecule has 18 heavy (non-hydrogen) atoms. The van der Waals surface area contributed by atoms with E-state index in [1.165, 1.54) is 0 Å². The molecular formula is C13H14N2O2S. The Labute approximate surface area is 108 Å².